The maximum atomic E-state index is 14.7. The fraction of sp³-hybridized carbons (Fsp3) is 0.219. The number of thiol groups is 1. The Kier molecular flexibility index (Phi) is 8.00. The first-order chi connectivity index (χ1) is 20.9. The van der Waals surface area contributed by atoms with Crippen LogP contribution in [0.1, 0.15) is 18.5 Å². The highest BCUT2D eigenvalue weighted by molar-refractivity contribution is 7.86. The molecule has 2 atom stereocenters. The number of carbonyl (C=O) groups is 1. The molecule has 0 spiro atoms. The van der Waals surface area contributed by atoms with Crippen molar-refractivity contribution in [2.45, 2.75) is 28.5 Å². The number of hydrogen-bond acceptors (Lipinski definition) is 7. The van der Waals surface area contributed by atoms with Gasteiger partial charge >= 0.3 is 6.09 Å². The van der Waals surface area contributed by atoms with E-state index in [0.29, 0.717) is 66.9 Å². The van der Waals surface area contributed by atoms with Gasteiger partial charge in [0.1, 0.15) is 33.9 Å². The maximum absolute atomic E-state index is 14.7. The SMILES string of the molecule is C=C[C@H]1COCCN1c1cc(C2([SH+](=O)c3ccc(F)cc3F)CC2)nc(-c2ccc(NC(=O)Oc3ccccc3)cc2)n1. The molecule has 1 amide bonds. The van der Waals surface area contributed by atoms with Crippen molar-refractivity contribution in [2.75, 3.05) is 30.0 Å². The van der Waals surface area contributed by atoms with Gasteiger partial charge in [-0.05, 0) is 48.5 Å². The van der Waals surface area contributed by atoms with Crippen LogP contribution in [0.3, 0.4) is 0 Å². The number of carbonyl (C=O) groups excluding carboxylic acids is 1. The molecule has 1 N–H and O–H groups in total. The lowest BCUT2D eigenvalue weighted by molar-refractivity contribution is 0.105. The van der Waals surface area contributed by atoms with Crippen molar-refractivity contribution in [2.24, 2.45) is 0 Å². The van der Waals surface area contributed by atoms with Gasteiger partial charge in [0.05, 0.1) is 19.3 Å². The van der Waals surface area contributed by atoms with Crippen LogP contribution in [-0.2, 0) is 24.5 Å². The molecule has 220 valence electrons. The summed E-state index contributed by atoms with van der Waals surface area (Å²) in [4.78, 5) is 24.1. The molecule has 6 rings (SSSR count). The van der Waals surface area contributed by atoms with Crippen molar-refractivity contribution in [1.82, 2.24) is 9.97 Å². The Morgan fingerprint density at radius 1 is 1.07 bits per heavy atom. The molecule has 1 aliphatic heterocycles. The molecule has 3 aromatic carbocycles. The van der Waals surface area contributed by atoms with Crippen LogP contribution in [0.2, 0.25) is 0 Å². The zero-order valence-electron chi connectivity index (χ0n) is 23.1. The van der Waals surface area contributed by atoms with E-state index in [2.05, 4.69) is 16.8 Å². The van der Waals surface area contributed by atoms with Gasteiger partial charge in [0.15, 0.2) is 21.3 Å². The highest BCUT2D eigenvalue weighted by Crippen LogP contribution is 2.53. The van der Waals surface area contributed by atoms with Gasteiger partial charge in [-0.1, -0.05) is 24.3 Å². The monoisotopic (exact) mass is 603 g/mol. The lowest BCUT2D eigenvalue weighted by atomic mass is 10.1. The number of nitrogens with zero attached hydrogens (tertiary/aromatic N) is 3. The molecule has 8 nitrogen and oxygen atoms in total. The van der Waals surface area contributed by atoms with Crippen molar-refractivity contribution < 1.29 is 27.3 Å². The van der Waals surface area contributed by atoms with Gasteiger partial charge in [0.25, 0.3) is 0 Å². The van der Waals surface area contributed by atoms with E-state index in [1.165, 1.54) is 6.07 Å². The third-order valence-corrected chi connectivity index (χ3v) is 9.76. The largest absolute Gasteiger partial charge is 0.417 e. The van der Waals surface area contributed by atoms with Gasteiger partial charge in [-0.2, -0.15) is 0 Å². The first-order valence-electron chi connectivity index (χ1n) is 13.8. The molecule has 0 bridgehead atoms. The molecule has 11 heteroatoms. The number of hydrogen-bond donors (Lipinski definition) is 1. The number of benzene rings is 3. The Morgan fingerprint density at radius 3 is 2.53 bits per heavy atom. The number of amides is 1. The maximum Gasteiger partial charge on any atom is 0.417 e. The van der Waals surface area contributed by atoms with E-state index in [4.69, 9.17) is 19.4 Å². The zero-order chi connectivity index (χ0) is 30.0. The molecule has 2 heterocycles. The molecular weight excluding hydrogens is 574 g/mol. The van der Waals surface area contributed by atoms with Crippen molar-refractivity contribution in [3.63, 3.8) is 0 Å². The summed E-state index contributed by atoms with van der Waals surface area (Å²) in [5, 5.41) is 2.70. The summed E-state index contributed by atoms with van der Waals surface area (Å²) in [5.74, 6) is -0.153. The zero-order valence-corrected chi connectivity index (χ0v) is 24.0. The summed E-state index contributed by atoms with van der Waals surface area (Å²) in [6.07, 6.45) is 2.23. The van der Waals surface area contributed by atoms with Gasteiger partial charge in [-0.15, -0.1) is 10.8 Å². The van der Waals surface area contributed by atoms with Crippen LogP contribution in [-0.4, -0.2) is 41.9 Å². The standard InChI is InChI=1S/C32H28F2N4O4S/c1-2-24-20-41-17-16-38(24)29-19-28(32(14-15-32)43(40)27-13-10-22(33)18-26(27)34)36-30(37-29)21-8-11-23(12-9-21)35-31(39)42-25-6-4-3-5-7-25/h2-13,18-19,24H,1,14-17,20H2,(H,35,39)/p+1/t24-,43?/m0/s1. The van der Waals surface area contributed by atoms with Crippen LogP contribution in [0.25, 0.3) is 11.4 Å². The molecule has 2 aliphatic rings. The quantitative estimate of drug-likeness (QED) is 0.146. The van der Waals surface area contributed by atoms with Gasteiger partial charge < -0.3 is 14.4 Å². The topological polar surface area (TPSA) is 93.7 Å². The van der Waals surface area contributed by atoms with E-state index in [9.17, 15) is 17.8 Å². The first-order valence-corrected chi connectivity index (χ1v) is 15.1. The van der Waals surface area contributed by atoms with Crippen LogP contribution < -0.4 is 15.0 Å². The number of nitrogens with one attached hydrogen (secondary N) is 1. The number of anilines is 2. The summed E-state index contributed by atoms with van der Waals surface area (Å²) in [7, 11) is -2.29. The van der Waals surface area contributed by atoms with Crippen LogP contribution in [0, 0.1) is 11.6 Å². The fourth-order valence-corrected chi connectivity index (χ4v) is 6.82. The minimum atomic E-state index is -2.29. The van der Waals surface area contributed by atoms with Crippen LogP contribution in [0.15, 0.2) is 96.4 Å². The highest BCUT2D eigenvalue weighted by atomic mass is 32.2. The predicted octanol–water partition coefficient (Wildman–Crippen LogP) is 6.17. The number of para-hydroxylation sites is 1. The van der Waals surface area contributed by atoms with E-state index in [-0.39, 0.29) is 10.9 Å². The molecular formula is C32H29F2N4O4S+. The Balaban J connectivity index is 1.33. The summed E-state index contributed by atoms with van der Waals surface area (Å²) in [6, 6.07) is 20.5. The van der Waals surface area contributed by atoms with E-state index in [1.54, 1.807) is 54.6 Å². The summed E-state index contributed by atoms with van der Waals surface area (Å²) >= 11 is 0. The summed E-state index contributed by atoms with van der Waals surface area (Å²) < 4.78 is 52.2. The average Bonchev–Trinajstić information content (AvgIpc) is 3.84. The average molecular weight is 604 g/mol. The Hall–Kier alpha value is -4.48. The second-order valence-corrected chi connectivity index (χ2v) is 12.3. The van der Waals surface area contributed by atoms with Crippen LogP contribution >= 0.6 is 0 Å². The van der Waals surface area contributed by atoms with E-state index in [0.717, 1.165) is 12.1 Å². The molecule has 2 fully saturated rings. The van der Waals surface area contributed by atoms with Crippen LogP contribution in [0.4, 0.5) is 25.1 Å². The molecule has 1 saturated heterocycles. The highest BCUT2D eigenvalue weighted by Gasteiger charge is 2.59. The fourth-order valence-electron chi connectivity index (χ4n) is 5.05. The third-order valence-electron chi connectivity index (χ3n) is 7.51. The number of ether oxygens (including phenoxy) is 2. The molecule has 4 aromatic rings. The Morgan fingerprint density at radius 2 is 1.84 bits per heavy atom. The summed E-state index contributed by atoms with van der Waals surface area (Å²) in [5.41, 5.74) is 1.70. The van der Waals surface area contributed by atoms with Crippen molar-refractivity contribution in [3.05, 3.63) is 109 Å². The summed E-state index contributed by atoms with van der Waals surface area (Å²) in [6.45, 7) is 5.44. The molecule has 1 aromatic heterocycles. The van der Waals surface area contributed by atoms with Gasteiger partial charge in [-0.25, -0.2) is 23.5 Å². The lowest BCUT2D eigenvalue weighted by Crippen LogP contribution is -2.45. The number of halogens is 2. The number of morpholine rings is 1. The molecule has 1 unspecified atom stereocenters. The molecule has 1 aliphatic carbocycles. The van der Waals surface area contributed by atoms with Crippen molar-refractivity contribution in [3.8, 4) is 17.1 Å². The molecule has 0 radical (unpaired) electrons. The third kappa shape index (κ3) is 6.04. The smallest absolute Gasteiger partial charge is 0.410 e. The van der Waals surface area contributed by atoms with E-state index in [1.807, 2.05) is 12.1 Å². The molecule has 43 heavy (non-hydrogen) atoms. The lowest BCUT2D eigenvalue weighted by Gasteiger charge is -2.35. The Bertz CT molecular complexity index is 1680. The second kappa shape index (κ2) is 12.0. The minimum absolute atomic E-state index is 0.0243. The van der Waals surface area contributed by atoms with Crippen molar-refractivity contribution in [1.29, 1.82) is 0 Å². The number of rotatable bonds is 8. The Labute approximate surface area is 249 Å². The number of aromatic nitrogens is 2. The van der Waals surface area contributed by atoms with E-state index < -0.39 is 33.3 Å². The predicted molar refractivity (Wildman–Crippen MR) is 161 cm³/mol. The van der Waals surface area contributed by atoms with Gasteiger partial charge in [0, 0.05) is 42.8 Å². The molecule has 1 saturated carbocycles. The minimum Gasteiger partial charge on any atom is -0.410 e. The van der Waals surface area contributed by atoms with Crippen LogP contribution in [0.5, 0.6) is 5.75 Å². The second-order valence-electron chi connectivity index (χ2n) is 10.3. The van der Waals surface area contributed by atoms with Crippen molar-refractivity contribution >= 4 is 28.4 Å². The van der Waals surface area contributed by atoms with Gasteiger partial charge in [0.2, 0.25) is 0 Å². The normalized spacial score (nSPS) is 18.0. The van der Waals surface area contributed by atoms with E-state index >= 15 is 0 Å². The van der Waals surface area contributed by atoms with Gasteiger partial charge in [-0.3, -0.25) is 5.32 Å². The first kappa shape index (κ1) is 28.6.